The van der Waals surface area contributed by atoms with Gasteiger partial charge in [0.15, 0.2) is 0 Å². The van der Waals surface area contributed by atoms with E-state index in [4.69, 9.17) is 4.74 Å². The minimum absolute atomic E-state index is 0.147. The molecule has 27 heavy (non-hydrogen) atoms. The van der Waals surface area contributed by atoms with Crippen molar-refractivity contribution in [1.82, 2.24) is 10.7 Å². The van der Waals surface area contributed by atoms with Gasteiger partial charge < -0.3 is 10.1 Å². The largest absolute Gasteiger partial charge is 0.494 e. The molecule has 0 fully saturated rings. The predicted molar refractivity (Wildman–Crippen MR) is 114 cm³/mol. The van der Waals surface area contributed by atoms with E-state index in [-0.39, 0.29) is 12.5 Å². The molecule has 0 aliphatic heterocycles. The number of hydrazone groups is 1. The Hall–Kier alpha value is -2.42. The average Bonchev–Trinajstić information content (AvgIpc) is 2.68. The lowest BCUT2D eigenvalue weighted by atomic mass is 10.2. The minimum Gasteiger partial charge on any atom is -0.494 e. The van der Waals surface area contributed by atoms with Gasteiger partial charge in [-0.2, -0.15) is 5.10 Å². The molecular formula is C20H22IN3O3. The van der Waals surface area contributed by atoms with Crippen LogP contribution in [0.25, 0.3) is 0 Å². The van der Waals surface area contributed by atoms with Crippen LogP contribution >= 0.6 is 22.6 Å². The quantitative estimate of drug-likeness (QED) is 0.251. The molecule has 2 N–H and O–H groups in total. The summed E-state index contributed by atoms with van der Waals surface area (Å²) >= 11 is 2.08. The lowest BCUT2D eigenvalue weighted by Crippen LogP contribution is -2.35. The second kappa shape index (κ2) is 11.3. The molecule has 0 bridgehead atoms. The molecule has 6 nitrogen and oxygen atoms in total. The molecule has 2 rings (SSSR count). The van der Waals surface area contributed by atoms with Crippen LogP contribution in [0.3, 0.4) is 0 Å². The molecular weight excluding hydrogens is 457 g/mol. The first kappa shape index (κ1) is 20.9. The van der Waals surface area contributed by atoms with Crippen molar-refractivity contribution < 1.29 is 14.3 Å². The number of halogens is 1. The number of unbranched alkanes of at least 4 members (excludes halogenated alkanes) is 1. The molecule has 0 spiro atoms. The number of ether oxygens (including phenoxy) is 1. The van der Waals surface area contributed by atoms with Gasteiger partial charge in [-0.05, 0) is 71.0 Å². The van der Waals surface area contributed by atoms with E-state index in [0.29, 0.717) is 12.2 Å². The van der Waals surface area contributed by atoms with Crippen LogP contribution in [0.15, 0.2) is 53.6 Å². The highest BCUT2D eigenvalue weighted by molar-refractivity contribution is 14.1. The molecule has 0 radical (unpaired) electrons. The highest BCUT2D eigenvalue weighted by atomic mass is 127. The number of hydrogen-bond donors (Lipinski definition) is 2. The Morgan fingerprint density at radius 3 is 2.59 bits per heavy atom. The van der Waals surface area contributed by atoms with E-state index >= 15 is 0 Å². The smallest absolute Gasteiger partial charge is 0.259 e. The van der Waals surface area contributed by atoms with Crippen LogP contribution in [0.1, 0.15) is 35.7 Å². The van der Waals surface area contributed by atoms with Crippen molar-refractivity contribution in [2.24, 2.45) is 5.10 Å². The number of nitrogens with one attached hydrogen (secondary N) is 2. The first-order valence-electron chi connectivity index (χ1n) is 8.67. The summed E-state index contributed by atoms with van der Waals surface area (Å²) in [6.45, 7) is 2.67. The van der Waals surface area contributed by atoms with Crippen LogP contribution in [0.4, 0.5) is 0 Å². The van der Waals surface area contributed by atoms with Crippen LogP contribution in [-0.4, -0.2) is 31.2 Å². The molecule has 7 heteroatoms. The van der Waals surface area contributed by atoms with Crippen molar-refractivity contribution in [1.29, 1.82) is 0 Å². The summed E-state index contributed by atoms with van der Waals surface area (Å²) in [4.78, 5) is 23.8. The summed E-state index contributed by atoms with van der Waals surface area (Å²) in [5.41, 5.74) is 3.76. The molecule has 0 aromatic heterocycles. The van der Waals surface area contributed by atoms with E-state index in [2.05, 4.69) is 45.4 Å². The van der Waals surface area contributed by atoms with Crippen LogP contribution in [0, 0.1) is 3.57 Å². The first-order valence-corrected chi connectivity index (χ1v) is 9.75. The Bertz CT molecular complexity index is 791. The molecule has 0 atom stereocenters. The lowest BCUT2D eigenvalue weighted by Gasteiger charge is -2.06. The monoisotopic (exact) mass is 479 g/mol. The molecule has 0 heterocycles. The number of carbonyl (C=O) groups excluding carboxylic acids is 2. The number of rotatable bonds is 9. The molecule has 142 valence electrons. The first-order chi connectivity index (χ1) is 13.1. The average molecular weight is 479 g/mol. The van der Waals surface area contributed by atoms with Crippen LogP contribution in [0.2, 0.25) is 0 Å². The Morgan fingerprint density at radius 1 is 1.15 bits per heavy atom. The fourth-order valence-electron chi connectivity index (χ4n) is 2.10. The van der Waals surface area contributed by atoms with Gasteiger partial charge in [-0.15, -0.1) is 0 Å². The van der Waals surface area contributed by atoms with Gasteiger partial charge in [0.2, 0.25) is 0 Å². The van der Waals surface area contributed by atoms with Gasteiger partial charge in [-0.25, -0.2) is 5.43 Å². The topological polar surface area (TPSA) is 79.8 Å². The van der Waals surface area contributed by atoms with Crippen molar-refractivity contribution in [2.45, 2.75) is 19.8 Å². The predicted octanol–water partition coefficient (Wildman–Crippen LogP) is 3.35. The molecule has 0 saturated carbocycles. The molecule has 2 aromatic rings. The van der Waals surface area contributed by atoms with E-state index < -0.39 is 5.91 Å². The number of nitrogens with zero attached hydrogens (tertiary/aromatic N) is 1. The van der Waals surface area contributed by atoms with Crippen molar-refractivity contribution in [3.05, 3.63) is 63.2 Å². The molecule has 0 aliphatic carbocycles. The fraction of sp³-hybridized carbons (Fsp3) is 0.250. The zero-order chi connectivity index (χ0) is 19.5. The molecule has 0 aliphatic rings. The summed E-state index contributed by atoms with van der Waals surface area (Å²) in [6, 6.07) is 14.6. The Balaban J connectivity index is 1.74. The van der Waals surface area contributed by atoms with Gasteiger partial charge in [0, 0.05) is 3.57 Å². The second-order valence-corrected chi connectivity index (χ2v) is 6.89. The number of carbonyl (C=O) groups is 2. The maximum atomic E-state index is 12.0. The summed E-state index contributed by atoms with van der Waals surface area (Å²) < 4.78 is 6.42. The summed E-state index contributed by atoms with van der Waals surface area (Å²) in [7, 11) is 0. The highest BCUT2D eigenvalue weighted by Crippen LogP contribution is 2.12. The van der Waals surface area contributed by atoms with E-state index in [1.54, 1.807) is 12.1 Å². The third-order valence-electron chi connectivity index (χ3n) is 3.58. The van der Waals surface area contributed by atoms with Gasteiger partial charge in [-0.3, -0.25) is 9.59 Å². The fourth-order valence-corrected chi connectivity index (χ4v) is 2.74. The van der Waals surface area contributed by atoms with Crippen molar-refractivity contribution in [3.8, 4) is 5.75 Å². The molecule has 2 amide bonds. The van der Waals surface area contributed by atoms with Crippen LogP contribution in [0.5, 0.6) is 5.75 Å². The highest BCUT2D eigenvalue weighted by Gasteiger charge is 2.10. The molecule has 0 unspecified atom stereocenters. The van der Waals surface area contributed by atoms with Crippen molar-refractivity contribution >= 4 is 40.6 Å². The zero-order valence-electron chi connectivity index (χ0n) is 15.1. The van der Waals surface area contributed by atoms with Gasteiger partial charge >= 0.3 is 0 Å². The van der Waals surface area contributed by atoms with Gasteiger partial charge in [0.05, 0.1) is 24.9 Å². The maximum Gasteiger partial charge on any atom is 0.259 e. The number of amides is 2. The van der Waals surface area contributed by atoms with Gasteiger partial charge in [0.1, 0.15) is 5.75 Å². The van der Waals surface area contributed by atoms with E-state index in [1.807, 2.05) is 36.4 Å². The lowest BCUT2D eigenvalue weighted by molar-refractivity contribution is -0.120. The summed E-state index contributed by atoms with van der Waals surface area (Å²) in [6.07, 6.45) is 3.65. The molecule has 2 aromatic carbocycles. The standard InChI is InChI=1S/C20H22IN3O3/c1-2-3-12-27-16-10-8-15(9-11-16)13-23-24-19(25)14-22-20(26)17-6-4-5-7-18(17)21/h4-11,13H,2-3,12,14H2,1H3,(H,22,26)(H,24,25)/b23-13+. The molecule has 0 saturated heterocycles. The Labute approximate surface area is 172 Å². The Morgan fingerprint density at radius 2 is 1.89 bits per heavy atom. The SMILES string of the molecule is CCCCOc1ccc(/C=N/NC(=O)CNC(=O)c2ccccc2I)cc1. The van der Waals surface area contributed by atoms with Crippen LogP contribution in [-0.2, 0) is 4.79 Å². The normalized spacial score (nSPS) is 10.6. The number of hydrogen-bond acceptors (Lipinski definition) is 4. The van der Waals surface area contributed by atoms with Crippen molar-refractivity contribution in [3.63, 3.8) is 0 Å². The van der Waals surface area contributed by atoms with Gasteiger partial charge in [0.25, 0.3) is 11.8 Å². The summed E-state index contributed by atoms with van der Waals surface area (Å²) in [5.74, 6) is 0.116. The van der Waals surface area contributed by atoms with E-state index in [1.165, 1.54) is 6.21 Å². The minimum atomic E-state index is -0.398. The van der Waals surface area contributed by atoms with Crippen LogP contribution < -0.4 is 15.5 Å². The maximum absolute atomic E-state index is 12.0. The van der Waals surface area contributed by atoms with E-state index in [9.17, 15) is 9.59 Å². The van der Waals surface area contributed by atoms with E-state index in [0.717, 1.165) is 27.7 Å². The summed E-state index contributed by atoms with van der Waals surface area (Å²) in [5, 5.41) is 6.47. The zero-order valence-corrected chi connectivity index (χ0v) is 17.2. The number of benzene rings is 2. The Kier molecular flexibility index (Phi) is 8.76. The third kappa shape index (κ3) is 7.38. The second-order valence-electron chi connectivity index (χ2n) is 5.73. The van der Waals surface area contributed by atoms with Crippen molar-refractivity contribution in [2.75, 3.05) is 13.2 Å². The van der Waals surface area contributed by atoms with Gasteiger partial charge in [-0.1, -0.05) is 25.5 Å². The third-order valence-corrected chi connectivity index (χ3v) is 4.52.